The van der Waals surface area contributed by atoms with E-state index in [1.54, 1.807) is 12.1 Å². The highest BCUT2D eigenvalue weighted by molar-refractivity contribution is 7.78. The lowest BCUT2D eigenvalue weighted by atomic mass is 10.1. The predicted molar refractivity (Wildman–Crippen MR) is 105 cm³/mol. The number of carbonyl (C=O) groups is 1. The van der Waals surface area contributed by atoms with Gasteiger partial charge in [0, 0.05) is 17.5 Å². The number of carboxylic acid groups (broad SMARTS) is 1. The maximum atomic E-state index is 12.0. The van der Waals surface area contributed by atoms with Crippen molar-refractivity contribution in [1.29, 1.82) is 0 Å². The fraction of sp³-hybridized carbons (Fsp3) is 0.250. The zero-order valence-corrected chi connectivity index (χ0v) is 15.9. The second-order valence-electron chi connectivity index (χ2n) is 6.04. The van der Waals surface area contributed by atoms with Crippen LogP contribution in [0.4, 0.5) is 0 Å². The Labute approximate surface area is 165 Å². The minimum absolute atomic E-state index is 0.278. The van der Waals surface area contributed by atoms with E-state index in [1.165, 1.54) is 11.8 Å². The predicted octanol–water partition coefficient (Wildman–Crippen LogP) is 3.21. The number of benzene rings is 2. The van der Waals surface area contributed by atoms with Gasteiger partial charge in [0.1, 0.15) is 0 Å². The SMILES string of the molecule is O=C(O)COc1cccc2c(CNS(=O)OCCCc3ccccc3)coc12. The molecule has 1 atom stereocenters. The van der Waals surface area contributed by atoms with E-state index in [0.29, 0.717) is 17.9 Å². The number of ether oxygens (including phenoxy) is 1. The molecule has 0 fully saturated rings. The van der Waals surface area contributed by atoms with Crippen LogP contribution in [-0.4, -0.2) is 28.5 Å². The van der Waals surface area contributed by atoms with E-state index in [-0.39, 0.29) is 6.54 Å². The first-order chi connectivity index (χ1) is 13.6. The van der Waals surface area contributed by atoms with Gasteiger partial charge in [0.15, 0.2) is 17.9 Å². The van der Waals surface area contributed by atoms with E-state index in [9.17, 15) is 9.00 Å². The van der Waals surface area contributed by atoms with Gasteiger partial charge in [-0.05, 0) is 24.5 Å². The lowest BCUT2D eigenvalue weighted by molar-refractivity contribution is -0.139. The van der Waals surface area contributed by atoms with Crippen LogP contribution in [0.15, 0.2) is 59.2 Å². The number of hydrogen-bond acceptors (Lipinski definition) is 5. The lowest BCUT2D eigenvalue weighted by Crippen LogP contribution is -2.19. The Morgan fingerprint density at radius 3 is 2.75 bits per heavy atom. The van der Waals surface area contributed by atoms with Crippen molar-refractivity contribution in [3.8, 4) is 5.75 Å². The molecule has 0 amide bonds. The van der Waals surface area contributed by atoms with E-state index in [2.05, 4.69) is 4.72 Å². The van der Waals surface area contributed by atoms with Crippen molar-refractivity contribution in [3.63, 3.8) is 0 Å². The van der Waals surface area contributed by atoms with Gasteiger partial charge in [-0.15, -0.1) is 0 Å². The second-order valence-corrected chi connectivity index (χ2v) is 7.04. The molecule has 0 spiro atoms. The average molecular weight is 403 g/mol. The van der Waals surface area contributed by atoms with Crippen LogP contribution in [0.25, 0.3) is 11.0 Å². The van der Waals surface area contributed by atoms with Gasteiger partial charge >= 0.3 is 5.97 Å². The van der Waals surface area contributed by atoms with Crippen LogP contribution in [0.1, 0.15) is 17.5 Å². The molecular formula is C20H21NO6S. The van der Waals surface area contributed by atoms with Gasteiger partial charge in [-0.3, -0.25) is 4.18 Å². The van der Waals surface area contributed by atoms with Crippen LogP contribution in [0.2, 0.25) is 0 Å². The van der Waals surface area contributed by atoms with Crippen molar-refractivity contribution in [2.24, 2.45) is 0 Å². The first kappa shape index (κ1) is 20.1. The standard InChI is InChI=1S/C20H21NO6S/c22-19(23)14-25-18-10-4-9-17-16(13-26-20(17)18)12-21-28(24)27-11-5-8-15-6-2-1-3-7-15/h1-4,6-7,9-10,13,21H,5,8,11-12,14H2,(H,22,23). The first-order valence-electron chi connectivity index (χ1n) is 8.79. The summed E-state index contributed by atoms with van der Waals surface area (Å²) < 4.78 is 30.8. The Morgan fingerprint density at radius 1 is 1.14 bits per heavy atom. The van der Waals surface area contributed by atoms with Gasteiger partial charge in [-0.25, -0.2) is 13.7 Å². The molecular weight excluding hydrogens is 382 g/mol. The van der Waals surface area contributed by atoms with Crippen molar-refractivity contribution < 1.29 is 27.4 Å². The Balaban J connectivity index is 1.47. The third-order valence-corrected chi connectivity index (χ3v) is 4.78. The van der Waals surface area contributed by atoms with Gasteiger partial charge < -0.3 is 14.3 Å². The molecule has 3 rings (SSSR count). The molecule has 28 heavy (non-hydrogen) atoms. The molecule has 1 heterocycles. The van der Waals surface area contributed by atoms with Crippen LogP contribution >= 0.6 is 0 Å². The maximum absolute atomic E-state index is 12.0. The molecule has 7 nitrogen and oxygen atoms in total. The highest BCUT2D eigenvalue weighted by Crippen LogP contribution is 2.29. The quantitative estimate of drug-likeness (QED) is 0.477. The number of rotatable bonds is 11. The fourth-order valence-corrected chi connectivity index (χ4v) is 3.33. The van der Waals surface area contributed by atoms with E-state index < -0.39 is 23.8 Å². The molecule has 0 bridgehead atoms. The lowest BCUT2D eigenvalue weighted by Gasteiger charge is -2.05. The summed E-state index contributed by atoms with van der Waals surface area (Å²) in [5, 5.41) is 9.50. The Morgan fingerprint density at radius 2 is 1.96 bits per heavy atom. The number of para-hydroxylation sites is 1. The summed E-state index contributed by atoms with van der Waals surface area (Å²) in [5.74, 6) is -0.713. The number of fused-ring (bicyclic) bond motifs is 1. The third kappa shape index (κ3) is 5.66. The van der Waals surface area contributed by atoms with Gasteiger partial charge in [-0.1, -0.05) is 42.5 Å². The molecule has 0 saturated heterocycles. The van der Waals surface area contributed by atoms with Crippen LogP contribution in [0.5, 0.6) is 5.75 Å². The number of aryl methyl sites for hydroxylation is 1. The molecule has 3 aromatic rings. The van der Waals surface area contributed by atoms with Crippen molar-refractivity contribution in [1.82, 2.24) is 4.72 Å². The molecule has 148 valence electrons. The summed E-state index contributed by atoms with van der Waals surface area (Å²) in [4.78, 5) is 10.7. The Bertz CT molecular complexity index is 940. The average Bonchev–Trinajstić information content (AvgIpc) is 3.12. The van der Waals surface area contributed by atoms with Gasteiger partial charge in [0.2, 0.25) is 11.3 Å². The summed E-state index contributed by atoms with van der Waals surface area (Å²) in [5.41, 5.74) is 2.45. The van der Waals surface area contributed by atoms with E-state index in [0.717, 1.165) is 23.8 Å². The Kier molecular flexibility index (Phi) is 7.18. The monoisotopic (exact) mass is 403 g/mol. The van der Waals surface area contributed by atoms with Gasteiger partial charge in [-0.2, -0.15) is 0 Å². The van der Waals surface area contributed by atoms with Crippen LogP contribution < -0.4 is 9.46 Å². The number of furan rings is 1. The molecule has 0 aliphatic heterocycles. The number of carboxylic acids is 1. The minimum Gasteiger partial charge on any atom is -0.479 e. The van der Waals surface area contributed by atoms with Crippen molar-refractivity contribution in [2.75, 3.05) is 13.2 Å². The van der Waals surface area contributed by atoms with Crippen LogP contribution in [0.3, 0.4) is 0 Å². The highest BCUT2D eigenvalue weighted by atomic mass is 32.2. The molecule has 2 aromatic carbocycles. The summed E-state index contributed by atoms with van der Waals surface area (Å²) in [6.07, 6.45) is 3.16. The zero-order valence-electron chi connectivity index (χ0n) is 15.1. The van der Waals surface area contributed by atoms with Crippen molar-refractivity contribution in [3.05, 3.63) is 65.9 Å². The largest absolute Gasteiger partial charge is 0.479 e. The summed E-state index contributed by atoms with van der Waals surface area (Å²) >= 11 is -1.62. The zero-order chi connectivity index (χ0) is 19.8. The maximum Gasteiger partial charge on any atom is 0.341 e. The molecule has 1 unspecified atom stereocenters. The van der Waals surface area contributed by atoms with Gasteiger partial charge in [0.05, 0.1) is 12.9 Å². The number of aliphatic carboxylic acids is 1. The topological polar surface area (TPSA) is 98.0 Å². The molecule has 8 heteroatoms. The molecule has 0 saturated carbocycles. The van der Waals surface area contributed by atoms with Crippen LogP contribution in [0, 0.1) is 0 Å². The molecule has 1 aromatic heterocycles. The van der Waals surface area contributed by atoms with Crippen molar-refractivity contribution in [2.45, 2.75) is 19.4 Å². The number of hydrogen-bond donors (Lipinski definition) is 2. The van der Waals surface area contributed by atoms with E-state index in [1.807, 2.05) is 36.4 Å². The number of nitrogens with one attached hydrogen (secondary N) is 1. The first-order valence-corrected chi connectivity index (χ1v) is 9.87. The summed E-state index contributed by atoms with van der Waals surface area (Å²) in [7, 11) is 0. The Hall–Kier alpha value is -2.68. The molecule has 0 aliphatic rings. The normalized spacial score (nSPS) is 12.1. The third-order valence-electron chi connectivity index (χ3n) is 4.02. The van der Waals surface area contributed by atoms with Crippen molar-refractivity contribution >= 4 is 28.2 Å². The van der Waals surface area contributed by atoms with Gasteiger partial charge in [0.25, 0.3) is 0 Å². The molecule has 0 radical (unpaired) electrons. The van der Waals surface area contributed by atoms with Crippen LogP contribution in [-0.2, 0) is 33.2 Å². The molecule has 0 aliphatic carbocycles. The van der Waals surface area contributed by atoms with E-state index >= 15 is 0 Å². The molecule has 2 N–H and O–H groups in total. The smallest absolute Gasteiger partial charge is 0.341 e. The second kappa shape index (κ2) is 10.0. The summed E-state index contributed by atoms with van der Waals surface area (Å²) in [6, 6.07) is 15.3. The minimum atomic E-state index is -1.62. The van der Waals surface area contributed by atoms with E-state index in [4.69, 9.17) is 18.4 Å². The summed E-state index contributed by atoms with van der Waals surface area (Å²) in [6.45, 7) is 0.211. The highest BCUT2D eigenvalue weighted by Gasteiger charge is 2.12. The fourth-order valence-electron chi connectivity index (χ4n) is 2.71.